The van der Waals surface area contributed by atoms with Gasteiger partial charge < -0.3 is 15.5 Å². The first-order chi connectivity index (χ1) is 11.0. The fourth-order valence-corrected chi connectivity index (χ4v) is 4.50. The number of thiophene rings is 1. The van der Waals surface area contributed by atoms with Crippen molar-refractivity contribution in [1.29, 1.82) is 0 Å². The zero-order valence-electron chi connectivity index (χ0n) is 13.3. The van der Waals surface area contributed by atoms with Crippen LogP contribution in [0.2, 0.25) is 0 Å². The maximum atomic E-state index is 12.4. The third-order valence-corrected chi connectivity index (χ3v) is 5.69. The van der Waals surface area contributed by atoms with Crippen LogP contribution in [0.1, 0.15) is 56.7 Å². The number of fused-ring (bicyclic) bond motifs is 1. The van der Waals surface area contributed by atoms with Gasteiger partial charge in [-0.2, -0.15) is 0 Å². The zero-order chi connectivity index (χ0) is 16.6. The first-order valence-corrected chi connectivity index (χ1v) is 8.62. The number of hydrogen-bond donors (Lipinski definition) is 2. The molecule has 23 heavy (non-hydrogen) atoms. The van der Waals surface area contributed by atoms with Crippen LogP contribution in [0.3, 0.4) is 0 Å². The Bertz CT molecular complexity index is 760. The average Bonchev–Trinajstić information content (AvgIpc) is 3.09. The van der Waals surface area contributed by atoms with Gasteiger partial charge in [-0.3, -0.25) is 9.59 Å². The number of amides is 2. The summed E-state index contributed by atoms with van der Waals surface area (Å²) < 4.78 is 5.16. The van der Waals surface area contributed by atoms with Crippen LogP contribution in [0.25, 0.3) is 0 Å². The molecule has 0 unspecified atom stereocenters. The summed E-state index contributed by atoms with van der Waals surface area (Å²) in [5.74, 6) is 0.443. The molecule has 0 aromatic carbocycles. The Kier molecular flexibility index (Phi) is 4.26. The molecule has 0 radical (unpaired) electrons. The van der Waals surface area contributed by atoms with E-state index in [2.05, 4.69) is 12.2 Å². The first kappa shape index (κ1) is 15.8. The van der Waals surface area contributed by atoms with Crippen molar-refractivity contribution in [2.24, 2.45) is 11.7 Å². The Morgan fingerprint density at radius 1 is 1.48 bits per heavy atom. The molecule has 1 atom stereocenters. The number of anilines is 1. The van der Waals surface area contributed by atoms with Crippen molar-refractivity contribution in [2.45, 2.75) is 39.5 Å². The van der Waals surface area contributed by atoms with Crippen LogP contribution in [-0.4, -0.2) is 11.8 Å². The molecule has 0 aliphatic heterocycles. The van der Waals surface area contributed by atoms with Gasteiger partial charge in [0.05, 0.1) is 17.4 Å². The van der Waals surface area contributed by atoms with Gasteiger partial charge in [0, 0.05) is 4.88 Å². The fraction of sp³-hybridized carbons (Fsp3) is 0.412. The number of carbonyl (C=O) groups excluding carboxylic acids is 2. The molecule has 1 aliphatic carbocycles. The summed E-state index contributed by atoms with van der Waals surface area (Å²) >= 11 is 1.48. The molecule has 0 spiro atoms. The molecule has 1 aliphatic rings. The second-order valence-corrected chi connectivity index (χ2v) is 7.04. The number of rotatable bonds is 4. The molecular weight excluding hydrogens is 312 g/mol. The van der Waals surface area contributed by atoms with Crippen molar-refractivity contribution < 1.29 is 14.0 Å². The minimum absolute atomic E-state index is 0.274. The molecule has 122 valence electrons. The average molecular weight is 332 g/mol. The van der Waals surface area contributed by atoms with Crippen LogP contribution in [0, 0.1) is 12.8 Å². The highest BCUT2D eigenvalue weighted by Gasteiger charge is 2.28. The number of primary amides is 1. The van der Waals surface area contributed by atoms with Crippen LogP contribution in [0.15, 0.2) is 16.7 Å². The molecule has 2 heterocycles. The Labute approximate surface area is 138 Å². The Morgan fingerprint density at radius 3 is 2.87 bits per heavy atom. The number of aryl methyl sites for hydroxylation is 1. The van der Waals surface area contributed by atoms with Crippen molar-refractivity contribution in [2.75, 3.05) is 5.32 Å². The van der Waals surface area contributed by atoms with Crippen molar-refractivity contribution in [3.63, 3.8) is 0 Å². The second kappa shape index (κ2) is 6.20. The van der Waals surface area contributed by atoms with Gasteiger partial charge in [0.15, 0.2) is 0 Å². The lowest BCUT2D eigenvalue weighted by Gasteiger charge is -2.20. The van der Waals surface area contributed by atoms with Crippen molar-refractivity contribution in [3.8, 4) is 0 Å². The molecule has 2 amide bonds. The molecule has 0 bridgehead atoms. The van der Waals surface area contributed by atoms with Gasteiger partial charge in [-0.05, 0) is 43.7 Å². The van der Waals surface area contributed by atoms with E-state index in [9.17, 15) is 9.59 Å². The predicted octanol–water partition coefficient (Wildman–Crippen LogP) is 3.52. The van der Waals surface area contributed by atoms with E-state index in [1.807, 2.05) is 0 Å². The van der Waals surface area contributed by atoms with E-state index < -0.39 is 5.91 Å². The van der Waals surface area contributed by atoms with E-state index in [1.54, 1.807) is 13.0 Å². The van der Waals surface area contributed by atoms with Crippen molar-refractivity contribution >= 4 is 28.2 Å². The highest BCUT2D eigenvalue weighted by molar-refractivity contribution is 7.17. The lowest BCUT2D eigenvalue weighted by molar-refractivity contribution is 0.1000. The SMILES string of the molecule is CC[C@@H]1CCc2c(sc(NC(=O)c3ccoc3C)c2C(N)=O)C1. The number of carbonyl (C=O) groups is 2. The lowest BCUT2D eigenvalue weighted by Crippen LogP contribution is -2.19. The monoisotopic (exact) mass is 332 g/mol. The normalized spacial score (nSPS) is 16.9. The third kappa shape index (κ3) is 2.91. The van der Waals surface area contributed by atoms with E-state index in [0.717, 1.165) is 31.2 Å². The van der Waals surface area contributed by atoms with Gasteiger partial charge in [0.2, 0.25) is 0 Å². The van der Waals surface area contributed by atoms with E-state index >= 15 is 0 Å². The van der Waals surface area contributed by atoms with Crippen LogP contribution < -0.4 is 11.1 Å². The van der Waals surface area contributed by atoms with Crippen LogP contribution in [-0.2, 0) is 12.8 Å². The number of hydrogen-bond acceptors (Lipinski definition) is 4. The van der Waals surface area contributed by atoms with Crippen LogP contribution in [0.5, 0.6) is 0 Å². The molecule has 0 saturated carbocycles. The Balaban J connectivity index is 1.93. The minimum Gasteiger partial charge on any atom is -0.469 e. The molecule has 2 aromatic heterocycles. The maximum absolute atomic E-state index is 12.4. The predicted molar refractivity (Wildman–Crippen MR) is 90.0 cm³/mol. The fourth-order valence-electron chi connectivity index (χ4n) is 3.14. The maximum Gasteiger partial charge on any atom is 0.259 e. The molecule has 5 nitrogen and oxygen atoms in total. The van der Waals surface area contributed by atoms with Gasteiger partial charge in [0.1, 0.15) is 10.8 Å². The first-order valence-electron chi connectivity index (χ1n) is 7.81. The van der Waals surface area contributed by atoms with Crippen molar-refractivity contribution in [1.82, 2.24) is 0 Å². The zero-order valence-corrected chi connectivity index (χ0v) is 14.1. The Hall–Kier alpha value is -2.08. The van der Waals surface area contributed by atoms with Gasteiger partial charge >= 0.3 is 0 Å². The van der Waals surface area contributed by atoms with Gasteiger partial charge in [-0.15, -0.1) is 11.3 Å². The van der Waals surface area contributed by atoms with E-state index in [-0.39, 0.29) is 5.91 Å². The molecule has 0 saturated heterocycles. The summed E-state index contributed by atoms with van der Waals surface area (Å²) in [4.78, 5) is 25.5. The second-order valence-electron chi connectivity index (χ2n) is 5.93. The number of nitrogens with two attached hydrogens (primary N) is 1. The van der Waals surface area contributed by atoms with Crippen molar-refractivity contribution in [3.05, 3.63) is 39.7 Å². The highest BCUT2D eigenvalue weighted by Crippen LogP contribution is 2.40. The summed E-state index contributed by atoms with van der Waals surface area (Å²) in [7, 11) is 0. The largest absolute Gasteiger partial charge is 0.469 e. The molecule has 3 rings (SSSR count). The van der Waals surface area contributed by atoms with Crippen LogP contribution >= 0.6 is 11.3 Å². The van der Waals surface area contributed by atoms with E-state index in [4.69, 9.17) is 10.2 Å². The van der Waals surface area contributed by atoms with Gasteiger partial charge in [-0.25, -0.2) is 0 Å². The summed E-state index contributed by atoms with van der Waals surface area (Å²) in [6.07, 6.45) is 5.47. The van der Waals surface area contributed by atoms with Gasteiger partial charge in [0.25, 0.3) is 11.8 Å². The Morgan fingerprint density at radius 2 is 2.26 bits per heavy atom. The molecular formula is C17H20N2O3S. The third-order valence-electron chi connectivity index (χ3n) is 4.52. The summed E-state index contributed by atoms with van der Waals surface area (Å²) in [6, 6.07) is 1.62. The van der Waals surface area contributed by atoms with E-state index in [1.165, 1.54) is 22.5 Å². The quantitative estimate of drug-likeness (QED) is 0.898. The lowest BCUT2D eigenvalue weighted by atomic mass is 9.85. The van der Waals surface area contributed by atoms with E-state index in [0.29, 0.717) is 27.8 Å². The molecule has 2 aromatic rings. The summed E-state index contributed by atoms with van der Waals surface area (Å²) in [5.41, 5.74) is 7.54. The molecule has 3 N–H and O–H groups in total. The van der Waals surface area contributed by atoms with Crippen LogP contribution in [0.4, 0.5) is 5.00 Å². The highest BCUT2D eigenvalue weighted by atomic mass is 32.1. The standard InChI is InChI=1S/C17H20N2O3S/c1-3-10-4-5-12-13(8-10)23-17(14(12)15(18)20)19-16(21)11-6-7-22-9(11)2/h6-7,10H,3-5,8H2,1-2H3,(H2,18,20)(H,19,21)/t10-/m1/s1. The smallest absolute Gasteiger partial charge is 0.259 e. The topological polar surface area (TPSA) is 85.3 Å². The number of nitrogens with one attached hydrogen (secondary N) is 1. The molecule has 6 heteroatoms. The number of furan rings is 1. The summed E-state index contributed by atoms with van der Waals surface area (Å²) in [5, 5.41) is 3.40. The summed E-state index contributed by atoms with van der Waals surface area (Å²) in [6.45, 7) is 3.91. The minimum atomic E-state index is -0.475. The van der Waals surface area contributed by atoms with Gasteiger partial charge in [-0.1, -0.05) is 13.3 Å². The molecule has 0 fully saturated rings.